The summed E-state index contributed by atoms with van der Waals surface area (Å²) in [6.45, 7) is 0. The molecule has 0 aliphatic rings. The molecule has 3 nitrogen and oxygen atoms in total. The van der Waals surface area contributed by atoms with Gasteiger partial charge in [0.25, 0.3) is 0 Å². The van der Waals surface area contributed by atoms with Crippen molar-refractivity contribution >= 4 is 0 Å². The van der Waals surface area contributed by atoms with Gasteiger partial charge in [-0.2, -0.15) is 10.5 Å². The third-order valence-electron chi connectivity index (χ3n) is 1.51. The summed E-state index contributed by atoms with van der Waals surface area (Å²) < 4.78 is 0. The van der Waals surface area contributed by atoms with Crippen LogP contribution in [0.4, 0.5) is 0 Å². The fourth-order valence-corrected chi connectivity index (χ4v) is 0.876. The SMILES string of the molecule is N#Cc1cccc([C@@H](N)C#N)c1. The fraction of sp³-hybridized carbons (Fsp3) is 0.111. The number of rotatable bonds is 1. The maximum atomic E-state index is 8.54. The van der Waals surface area contributed by atoms with Gasteiger partial charge in [-0.05, 0) is 17.7 Å². The minimum absolute atomic E-state index is 0.526. The Kier molecular flexibility index (Phi) is 2.42. The van der Waals surface area contributed by atoms with Crippen molar-refractivity contribution in [2.45, 2.75) is 6.04 Å². The van der Waals surface area contributed by atoms with E-state index in [1.807, 2.05) is 12.1 Å². The molecule has 0 fully saturated rings. The Bertz CT molecular complexity index is 357. The lowest BCUT2D eigenvalue weighted by Gasteiger charge is -2.01. The number of nitriles is 2. The standard InChI is InChI=1S/C9H7N3/c10-5-7-2-1-3-8(4-7)9(12)6-11/h1-4,9H,12H2/t9-/m0/s1. The van der Waals surface area contributed by atoms with E-state index in [9.17, 15) is 0 Å². The minimum atomic E-state index is -0.640. The van der Waals surface area contributed by atoms with Gasteiger partial charge in [-0.3, -0.25) is 0 Å². The third kappa shape index (κ3) is 1.60. The van der Waals surface area contributed by atoms with Crippen molar-refractivity contribution < 1.29 is 0 Å². The molecule has 0 amide bonds. The van der Waals surface area contributed by atoms with Crippen molar-refractivity contribution in [2.75, 3.05) is 0 Å². The summed E-state index contributed by atoms with van der Waals surface area (Å²) in [5, 5.41) is 17.0. The molecule has 0 saturated heterocycles. The van der Waals surface area contributed by atoms with Crippen LogP contribution in [-0.4, -0.2) is 0 Å². The predicted octanol–water partition coefficient (Wildman–Crippen LogP) is 1.08. The van der Waals surface area contributed by atoms with Gasteiger partial charge in [0.15, 0.2) is 0 Å². The summed E-state index contributed by atoms with van der Waals surface area (Å²) in [5.74, 6) is 0. The molecule has 0 unspecified atom stereocenters. The largest absolute Gasteiger partial charge is 0.312 e. The normalized spacial score (nSPS) is 11.2. The van der Waals surface area contributed by atoms with Gasteiger partial charge in [0, 0.05) is 0 Å². The van der Waals surface area contributed by atoms with E-state index in [2.05, 4.69) is 0 Å². The van der Waals surface area contributed by atoms with E-state index in [0.29, 0.717) is 11.1 Å². The second kappa shape index (κ2) is 3.52. The third-order valence-corrected chi connectivity index (χ3v) is 1.51. The second-order valence-electron chi connectivity index (χ2n) is 2.34. The van der Waals surface area contributed by atoms with E-state index in [0.717, 1.165) is 0 Å². The van der Waals surface area contributed by atoms with Gasteiger partial charge in [0.05, 0.1) is 17.7 Å². The molecule has 1 atom stereocenters. The Labute approximate surface area is 70.7 Å². The number of nitrogens with two attached hydrogens (primary N) is 1. The van der Waals surface area contributed by atoms with Crippen molar-refractivity contribution in [2.24, 2.45) is 5.73 Å². The number of hydrogen-bond donors (Lipinski definition) is 1. The number of hydrogen-bond acceptors (Lipinski definition) is 3. The van der Waals surface area contributed by atoms with Crippen LogP contribution >= 0.6 is 0 Å². The molecule has 0 saturated carbocycles. The smallest absolute Gasteiger partial charge is 0.118 e. The highest BCUT2D eigenvalue weighted by atomic mass is 14.6. The predicted molar refractivity (Wildman–Crippen MR) is 43.7 cm³/mol. The van der Waals surface area contributed by atoms with Gasteiger partial charge < -0.3 is 5.73 Å². The Morgan fingerprint density at radius 2 is 2.08 bits per heavy atom. The first-order valence-corrected chi connectivity index (χ1v) is 3.43. The molecule has 0 radical (unpaired) electrons. The molecule has 0 aromatic heterocycles. The summed E-state index contributed by atoms with van der Waals surface area (Å²) in [7, 11) is 0. The van der Waals surface area contributed by atoms with Crippen LogP contribution in [0, 0.1) is 22.7 Å². The van der Waals surface area contributed by atoms with Crippen LogP contribution in [0.5, 0.6) is 0 Å². The van der Waals surface area contributed by atoms with Crippen LogP contribution in [0.3, 0.4) is 0 Å². The monoisotopic (exact) mass is 157 g/mol. The van der Waals surface area contributed by atoms with Crippen LogP contribution < -0.4 is 5.73 Å². The van der Waals surface area contributed by atoms with Gasteiger partial charge in [0.2, 0.25) is 0 Å². The molecule has 3 heteroatoms. The molecule has 1 rings (SSSR count). The number of benzene rings is 1. The number of nitrogens with zero attached hydrogens (tertiary/aromatic N) is 2. The lowest BCUT2D eigenvalue weighted by molar-refractivity contribution is 0.925. The van der Waals surface area contributed by atoms with Crippen molar-refractivity contribution in [3.8, 4) is 12.1 Å². The van der Waals surface area contributed by atoms with Crippen LogP contribution in [0.25, 0.3) is 0 Å². The molecular formula is C9H7N3. The van der Waals surface area contributed by atoms with Crippen molar-refractivity contribution in [1.29, 1.82) is 10.5 Å². The quantitative estimate of drug-likeness (QED) is 0.662. The van der Waals surface area contributed by atoms with Crippen molar-refractivity contribution in [1.82, 2.24) is 0 Å². The zero-order valence-corrected chi connectivity index (χ0v) is 6.36. The summed E-state index contributed by atoms with van der Waals surface area (Å²) in [6.07, 6.45) is 0. The fourth-order valence-electron chi connectivity index (χ4n) is 0.876. The van der Waals surface area contributed by atoms with E-state index in [1.165, 1.54) is 0 Å². The Morgan fingerprint density at radius 3 is 2.67 bits per heavy atom. The molecule has 2 N–H and O–H groups in total. The van der Waals surface area contributed by atoms with E-state index in [4.69, 9.17) is 16.3 Å². The molecule has 1 aromatic carbocycles. The van der Waals surface area contributed by atoms with Gasteiger partial charge in [-0.15, -0.1) is 0 Å². The molecular weight excluding hydrogens is 150 g/mol. The highest BCUT2D eigenvalue weighted by molar-refractivity contribution is 5.35. The molecule has 0 aliphatic carbocycles. The molecule has 0 spiro atoms. The van der Waals surface area contributed by atoms with Crippen LogP contribution in [0.2, 0.25) is 0 Å². The average Bonchev–Trinajstić information content (AvgIpc) is 2.17. The first-order valence-electron chi connectivity index (χ1n) is 3.43. The first kappa shape index (κ1) is 8.26. The lowest BCUT2D eigenvalue weighted by atomic mass is 10.1. The highest BCUT2D eigenvalue weighted by Gasteiger charge is 2.03. The summed E-state index contributed by atoms with van der Waals surface area (Å²) >= 11 is 0. The zero-order valence-electron chi connectivity index (χ0n) is 6.36. The Morgan fingerprint density at radius 1 is 1.33 bits per heavy atom. The van der Waals surface area contributed by atoms with Crippen molar-refractivity contribution in [3.63, 3.8) is 0 Å². The van der Waals surface area contributed by atoms with E-state index >= 15 is 0 Å². The maximum Gasteiger partial charge on any atom is 0.118 e. The van der Waals surface area contributed by atoms with E-state index < -0.39 is 6.04 Å². The topological polar surface area (TPSA) is 73.6 Å². The van der Waals surface area contributed by atoms with Crippen LogP contribution in [0.15, 0.2) is 24.3 Å². The zero-order chi connectivity index (χ0) is 8.97. The second-order valence-corrected chi connectivity index (χ2v) is 2.34. The van der Waals surface area contributed by atoms with Crippen molar-refractivity contribution in [3.05, 3.63) is 35.4 Å². The van der Waals surface area contributed by atoms with Gasteiger partial charge >= 0.3 is 0 Å². The van der Waals surface area contributed by atoms with Gasteiger partial charge in [-0.1, -0.05) is 12.1 Å². The van der Waals surface area contributed by atoms with Gasteiger partial charge in [-0.25, -0.2) is 0 Å². The molecule has 0 heterocycles. The molecule has 0 bridgehead atoms. The average molecular weight is 157 g/mol. The molecule has 58 valence electrons. The summed E-state index contributed by atoms with van der Waals surface area (Å²) in [4.78, 5) is 0. The van der Waals surface area contributed by atoms with E-state index in [1.54, 1.807) is 24.3 Å². The van der Waals surface area contributed by atoms with Crippen LogP contribution in [-0.2, 0) is 0 Å². The Balaban J connectivity index is 3.05. The van der Waals surface area contributed by atoms with E-state index in [-0.39, 0.29) is 0 Å². The van der Waals surface area contributed by atoms with Crippen LogP contribution in [0.1, 0.15) is 17.2 Å². The minimum Gasteiger partial charge on any atom is -0.312 e. The van der Waals surface area contributed by atoms with Gasteiger partial charge in [0.1, 0.15) is 6.04 Å². The summed E-state index contributed by atoms with van der Waals surface area (Å²) in [5.41, 5.74) is 6.65. The summed E-state index contributed by atoms with van der Waals surface area (Å²) in [6, 6.07) is 9.98. The lowest BCUT2D eigenvalue weighted by Crippen LogP contribution is -2.06. The molecule has 1 aromatic rings. The first-order chi connectivity index (χ1) is 5.77. The highest BCUT2D eigenvalue weighted by Crippen LogP contribution is 2.10. The molecule has 12 heavy (non-hydrogen) atoms. The maximum absolute atomic E-state index is 8.54. The Hall–Kier alpha value is -1.84. The molecule has 0 aliphatic heterocycles.